The second kappa shape index (κ2) is 8.98. The third kappa shape index (κ3) is 4.51. The van der Waals surface area contributed by atoms with Crippen LogP contribution in [0.3, 0.4) is 0 Å². The number of ether oxygens (including phenoxy) is 3. The zero-order chi connectivity index (χ0) is 18.4. The molecule has 26 heavy (non-hydrogen) atoms. The molecule has 1 aromatic carbocycles. The van der Waals surface area contributed by atoms with Gasteiger partial charge in [0.15, 0.2) is 10.6 Å². The van der Waals surface area contributed by atoms with E-state index in [1.807, 2.05) is 39.6 Å². The van der Waals surface area contributed by atoms with Gasteiger partial charge in [0.2, 0.25) is 0 Å². The molecule has 2 aromatic rings. The van der Waals surface area contributed by atoms with Gasteiger partial charge in [-0.25, -0.2) is 4.68 Å². The van der Waals surface area contributed by atoms with Gasteiger partial charge in [-0.2, -0.15) is 5.10 Å². The molecule has 1 aliphatic rings. The van der Waals surface area contributed by atoms with E-state index in [0.29, 0.717) is 24.6 Å². The number of hydrogen-bond donors (Lipinski definition) is 0. The van der Waals surface area contributed by atoms with Gasteiger partial charge in [-0.05, 0) is 36.5 Å². The molecule has 0 N–H and O–H groups in total. The zero-order valence-corrected chi connectivity index (χ0v) is 15.8. The van der Waals surface area contributed by atoms with E-state index in [-0.39, 0.29) is 0 Å². The molecule has 3 rings (SSSR count). The Labute approximate surface area is 158 Å². The predicted molar refractivity (Wildman–Crippen MR) is 101 cm³/mol. The molecule has 0 radical (unpaired) electrons. The summed E-state index contributed by atoms with van der Waals surface area (Å²) in [6.45, 7) is 8.66. The first-order valence-electron chi connectivity index (χ1n) is 8.55. The van der Waals surface area contributed by atoms with Crippen molar-refractivity contribution in [3.63, 3.8) is 0 Å². The van der Waals surface area contributed by atoms with Crippen molar-refractivity contribution in [1.29, 1.82) is 0 Å². The van der Waals surface area contributed by atoms with Crippen LogP contribution in [0.4, 0.5) is 0 Å². The first-order valence-corrected chi connectivity index (χ1v) is 8.96. The standard InChI is InChI=1S/C18H24N4O3S/c1-3-8-21-17(13-25-16-6-4-15(23-2)5-7-16)19-22(18(21)26)14-20-9-11-24-12-10-20/h3-7H,1,8-14H2,2H3. The number of morpholine rings is 1. The van der Waals surface area contributed by atoms with E-state index >= 15 is 0 Å². The molecule has 0 amide bonds. The van der Waals surface area contributed by atoms with E-state index in [0.717, 1.165) is 43.6 Å². The highest BCUT2D eigenvalue weighted by molar-refractivity contribution is 7.71. The van der Waals surface area contributed by atoms with Crippen LogP contribution in [0.2, 0.25) is 0 Å². The number of allylic oxidation sites excluding steroid dienone is 1. The van der Waals surface area contributed by atoms with Gasteiger partial charge < -0.3 is 14.2 Å². The molecule has 1 fully saturated rings. The van der Waals surface area contributed by atoms with E-state index in [2.05, 4.69) is 16.6 Å². The van der Waals surface area contributed by atoms with Crippen molar-refractivity contribution in [3.8, 4) is 11.5 Å². The maximum Gasteiger partial charge on any atom is 0.199 e. The number of nitrogens with zero attached hydrogens (tertiary/aromatic N) is 4. The Morgan fingerprint density at radius 2 is 1.92 bits per heavy atom. The second-order valence-electron chi connectivity index (χ2n) is 5.93. The summed E-state index contributed by atoms with van der Waals surface area (Å²) in [4.78, 5) is 2.28. The Kier molecular flexibility index (Phi) is 6.43. The Balaban J connectivity index is 1.72. The number of hydrogen-bond acceptors (Lipinski definition) is 6. The molecule has 140 valence electrons. The van der Waals surface area contributed by atoms with Gasteiger partial charge >= 0.3 is 0 Å². The van der Waals surface area contributed by atoms with Crippen LogP contribution in [0.15, 0.2) is 36.9 Å². The van der Waals surface area contributed by atoms with Crippen LogP contribution in [0.25, 0.3) is 0 Å². The van der Waals surface area contributed by atoms with Gasteiger partial charge in [-0.15, -0.1) is 6.58 Å². The van der Waals surface area contributed by atoms with Crippen LogP contribution in [-0.2, 0) is 24.6 Å². The fourth-order valence-electron chi connectivity index (χ4n) is 2.75. The van der Waals surface area contributed by atoms with Crippen LogP contribution >= 0.6 is 12.2 Å². The summed E-state index contributed by atoms with van der Waals surface area (Å²) in [5.41, 5.74) is 0. The fourth-order valence-corrected chi connectivity index (χ4v) is 3.03. The van der Waals surface area contributed by atoms with E-state index in [9.17, 15) is 0 Å². The van der Waals surface area contributed by atoms with Crippen molar-refractivity contribution in [2.24, 2.45) is 0 Å². The minimum atomic E-state index is 0.333. The maximum atomic E-state index is 5.87. The molecule has 1 aromatic heterocycles. The van der Waals surface area contributed by atoms with Crippen molar-refractivity contribution in [2.75, 3.05) is 33.4 Å². The van der Waals surface area contributed by atoms with Gasteiger partial charge in [0.1, 0.15) is 18.1 Å². The normalized spacial score (nSPS) is 15.0. The lowest BCUT2D eigenvalue weighted by Gasteiger charge is -2.26. The third-order valence-corrected chi connectivity index (χ3v) is 4.61. The molecule has 0 unspecified atom stereocenters. The topological polar surface area (TPSA) is 53.7 Å². The minimum absolute atomic E-state index is 0.333. The molecular weight excluding hydrogens is 352 g/mol. The van der Waals surface area contributed by atoms with Crippen LogP contribution in [-0.4, -0.2) is 52.7 Å². The highest BCUT2D eigenvalue weighted by Crippen LogP contribution is 2.18. The van der Waals surface area contributed by atoms with E-state index in [1.54, 1.807) is 7.11 Å². The van der Waals surface area contributed by atoms with E-state index in [4.69, 9.17) is 26.4 Å². The molecule has 0 spiro atoms. The highest BCUT2D eigenvalue weighted by atomic mass is 32.1. The molecular formula is C18H24N4O3S. The van der Waals surface area contributed by atoms with Gasteiger partial charge in [0.05, 0.1) is 27.0 Å². The summed E-state index contributed by atoms with van der Waals surface area (Å²) in [6.07, 6.45) is 1.81. The smallest absolute Gasteiger partial charge is 0.199 e. The molecule has 1 saturated heterocycles. The number of rotatable bonds is 8. The lowest BCUT2D eigenvalue weighted by Crippen LogP contribution is -2.37. The first-order chi connectivity index (χ1) is 12.7. The van der Waals surface area contributed by atoms with Gasteiger partial charge in [-0.1, -0.05) is 6.08 Å². The van der Waals surface area contributed by atoms with E-state index in [1.165, 1.54) is 0 Å². The van der Waals surface area contributed by atoms with Crippen molar-refractivity contribution in [1.82, 2.24) is 19.2 Å². The Hall–Kier alpha value is -2.16. The van der Waals surface area contributed by atoms with Crippen molar-refractivity contribution >= 4 is 12.2 Å². The Bertz CT molecular complexity index is 779. The largest absolute Gasteiger partial charge is 0.497 e. The van der Waals surface area contributed by atoms with Crippen LogP contribution in [0.5, 0.6) is 11.5 Å². The minimum Gasteiger partial charge on any atom is -0.497 e. The van der Waals surface area contributed by atoms with Crippen LogP contribution in [0.1, 0.15) is 5.82 Å². The predicted octanol–water partition coefficient (Wildman–Crippen LogP) is 2.48. The first kappa shape index (κ1) is 18.6. The maximum absolute atomic E-state index is 5.87. The SMILES string of the molecule is C=CCn1c(COc2ccc(OC)cc2)nn(CN2CCOCC2)c1=S. The molecule has 7 nitrogen and oxygen atoms in total. The molecule has 2 heterocycles. The summed E-state index contributed by atoms with van der Waals surface area (Å²) < 4.78 is 20.9. The summed E-state index contributed by atoms with van der Waals surface area (Å²) >= 11 is 5.60. The fraction of sp³-hybridized carbons (Fsp3) is 0.444. The van der Waals surface area contributed by atoms with Crippen molar-refractivity contribution in [3.05, 3.63) is 47.5 Å². The molecule has 1 aliphatic heterocycles. The van der Waals surface area contributed by atoms with Crippen molar-refractivity contribution in [2.45, 2.75) is 19.8 Å². The average Bonchev–Trinajstić information content (AvgIpc) is 2.97. The van der Waals surface area contributed by atoms with Gasteiger partial charge in [-0.3, -0.25) is 9.47 Å². The van der Waals surface area contributed by atoms with Gasteiger partial charge in [0, 0.05) is 19.6 Å². The lowest BCUT2D eigenvalue weighted by atomic mass is 10.3. The monoisotopic (exact) mass is 376 g/mol. The quantitative estimate of drug-likeness (QED) is 0.521. The Morgan fingerprint density at radius 3 is 2.58 bits per heavy atom. The number of benzene rings is 1. The van der Waals surface area contributed by atoms with Gasteiger partial charge in [0.25, 0.3) is 0 Å². The molecule has 0 bridgehead atoms. The van der Waals surface area contributed by atoms with Crippen LogP contribution < -0.4 is 9.47 Å². The number of methoxy groups -OCH3 is 1. The lowest BCUT2D eigenvalue weighted by molar-refractivity contribution is 0.0208. The highest BCUT2D eigenvalue weighted by Gasteiger charge is 2.15. The third-order valence-electron chi connectivity index (χ3n) is 4.18. The molecule has 0 saturated carbocycles. The second-order valence-corrected chi connectivity index (χ2v) is 6.30. The molecule has 8 heteroatoms. The summed E-state index contributed by atoms with van der Waals surface area (Å²) in [6, 6.07) is 7.47. The zero-order valence-electron chi connectivity index (χ0n) is 15.0. The number of aromatic nitrogens is 3. The summed E-state index contributed by atoms with van der Waals surface area (Å²) in [5, 5.41) is 4.67. The summed E-state index contributed by atoms with van der Waals surface area (Å²) in [7, 11) is 1.64. The van der Waals surface area contributed by atoms with E-state index < -0.39 is 0 Å². The average molecular weight is 376 g/mol. The van der Waals surface area contributed by atoms with Crippen LogP contribution in [0, 0.1) is 4.77 Å². The molecule has 0 aliphatic carbocycles. The van der Waals surface area contributed by atoms with Crippen molar-refractivity contribution < 1.29 is 14.2 Å². The molecule has 0 atom stereocenters. The summed E-state index contributed by atoms with van der Waals surface area (Å²) in [5.74, 6) is 2.32. The Morgan fingerprint density at radius 1 is 1.23 bits per heavy atom.